The average molecular weight is 983 g/mol. The van der Waals surface area contributed by atoms with Gasteiger partial charge in [-0.3, -0.25) is 13.7 Å². The summed E-state index contributed by atoms with van der Waals surface area (Å²) in [5.74, 6) is -2.10. The molecule has 1 aromatic heterocycles. The molecule has 19 nitrogen and oxygen atoms in total. The second-order valence-electron chi connectivity index (χ2n) is 16.6. The second-order valence-corrected chi connectivity index (χ2v) is 21.1. The summed E-state index contributed by atoms with van der Waals surface area (Å²) in [4.78, 5) is 19.0. The summed E-state index contributed by atoms with van der Waals surface area (Å²) >= 11 is 0. The van der Waals surface area contributed by atoms with E-state index in [4.69, 9.17) is 19.0 Å². The maximum absolute atomic E-state index is 12.6. The van der Waals surface area contributed by atoms with Crippen LogP contribution in [-0.2, 0) is 60.2 Å². The molecule has 5 rings (SSSR count). The van der Waals surface area contributed by atoms with Gasteiger partial charge in [0.2, 0.25) is 17.4 Å². The minimum atomic E-state index is -4.62. The standard InChI is InChI=1S/C44H59N3O16S3/c1-6-45-36-14-12-32(65(54,55)56)29-34(36)43(3,18-10-26-64(51,52)53)38(45)27-31(2)28-39-44(4,19-21-61-24-25-62-23-22-60-5)35-30-33(66(57,58)59)13-15-37(35)46(39)20-9-7-8-11-42(50)63-47-40(48)16-17-41(47)49/h12-17,27-30H,6-11,18-26H2,1-5H3,(H4-,48,49,51,52,53,54,55,56,57,58,59)/p+1. The molecule has 0 aliphatic carbocycles. The largest absolute Gasteiger partial charge is 0.492 e. The van der Waals surface area contributed by atoms with Crippen LogP contribution in [0.15, 0.2) is 81.7 Å². The maximum Gasteiger partial charge on any atom is 0.333 e. The highest BCUT2D eigenvalue weighted by atomic mass is 32.2. The first kappa shape index (κ1) is 52.3. The zero-order valence-corrected chi connectivity index (χ0v) is 40.1. The van der Waals surface area contributed by atoms with Gasteiger partial charge in [0.05, 0.1) is 47.4 Å². The molecule has 3 heterocycles. The summed E-state index contributed by atoms with van der Waals surface area (Å²) in [5, 5.41) is 19.7. The molecule has 5 N–H and O–H groups in total. The van der Waals surface area contributed by atoms with Gasteiger partial charge in [-0.15, -0.1) is 4.73 Å². The van der Waals surface area contributed by atoms with E-state index in [0.717, 1.165) is 5.71 Å². The van der Waals surface area contributed by atoms with Gasteiger partial charge in [0.15, 0.2) is 5.71 Å². The van der Waals surface area contributed by atoms with E-state index >= 15 is 0 Å². The topological polar surface area (TPSA) is 269 Å². The molecule has 2 aromatic carbocycles. The van der Waals surface area contributed by atoms with Gasteiger partial charge in [-0.2, -0.15) is 29.8 Å². The number of anilines is 1. The summed E-state index contributed by atoms with van der Waals surface area (Å²) in [6.07, 6.45) is 5.85. The fraction of sp³-hybridized carbons (Fsp3) is 0.500. The molecule has 0 bridgehead atoms. The molecular weight excluding hydrogens is 923 g/mol. The number of methoxy groups -OCH3 is 1. The van der Waals surface area contributed by atoms with E-state index in [1.807, 2.05) is 44.7 Å². The van der Waals surface area contributed by atoms with E-state index in [2.05, 4.69) is 4.58 Å². The fourth-order valence-corrected chi connectivity index (χ4v) is 10.1. The number of fused-ring (bicyclic) bond motifs is 2. The SMILES string of the molecule is CCN1C(=CC(C)=CC2=[N+](CCCCCC(=O)On3c(O)ccc3O)c3ccc(S(=O)(=O)O)cc3C2(C)CCOCCOCCOC)C(C)(CCCS(=O)(=O)O)c2cc(S(=O)(=O)O)ccc21. The minimum absolute atomic E-state index is 0.0175. The molecule has 0 saturated carbocycles. The third-order valence-corrected chi connectivity index (χ3v) is 14.4. The third kappa shape index (κ3) is 12.5. The van der Waals surface area contributed by atoms with Crippen LogP contribution in [0.5, 0.6) is 11.8 Å². The van der Waals surface area contributed by atoms with E-state index in [0.29, 0.717) is 97.1 Å². The van der Waals surface area contributed by atoms with E-state index in [1.165, 1.54) is 36.4 Å². The monoisotopic (exact) mass is 982 g/mol. The molecule has 0 saturated heterocycles. The van der Waals surface area contributed by atoms with Crippen molar-refractivity contribution in [1.82, 2.24) is 4.73 Å². The predicted molar refractivity (Wildman–Crippen MR) is 243 cm³/mol. The van der Waals surface area contributed by atoms with Crippen LogP contribution in [0.3, 0.4) is 0 Å². The normalized spacial score (nSPS) is 19.5. The van der Waals surface area contributed by atoms with Crippen molar-refractivity contribution in [3.05, 3.63) is 83.1 Å². The van der Waals surface area contributed by atoms with Crippen molar-refractivity contribution < 1.29 is 77.5 Å². The molecule has 3 aromatic rings. The Morgan fingerprint density at radius 2 is 1.36 bits per heavy atom. The van der Waals surface area contributed by atoms with Crippen molar-refractivity contribution in [2.45, 2.75) is 93.3 Å². The van der Waals surface area contributed by atoms with Crippen LogP contribution in [0.1, 0.15) is 83.8 Å². The van der Waals surface area contributed by atoms with E-state index in [1.54, 1.807) is 19.2 Å². The van der Waals surface area contributed by atoms with Crippen LogP contribution in [0.2, 0.25) is 0 Å². The second kappa shape index (κ2) is 21.5. The van der Waals surface area contributed by atoms with Crippen LogP contribution in [0.25, 0.3) is 0 Å². The number of nitrogens with zero attached hydrogens (tertiary/aromatic N) is 3. The minimum Gasteiger partial charge on any atom is -0.492 e. The number of ether oxygens (including phenoxy) is 3. The van der Waals surface area contributed by atoms with Crippen LogP contribution < -0.4 is 9.74 Å². The Hall–Kier alpha value is -4.65. The summed E-state index contributed by atoms with van der Waals surface area (Å²) in [6, 6.07) is 11.0. The molecule has 2 aliphatic heterocycles. The van der Waals surface area contributed by atoms with Crippen molar-refractivity contribution in [2.75, 3.05) is 63.9 Å². The van der Waals surface area contributed by atoms with Crippen LogP contribution in [-0.4, -0.2) is 129 Å². The summed E-state index contributed by atoms with van der Waals surface area (Å²) < 4.78 is 123. The lowest BCUT2D eigenvalue weighted by molar-refractivity contribution is -0.438. The zero-order valence-electron chi connectivity index (χ0n) is 37.7. The first-order valence-electron chi connectivity index (χ1n) is 21.4. The predicted octanol–water partition coefficient (Wildman–Crippen LogP) is 5.33. The Bertz CT molecular complexity index is 2670. The van der Waals surface area contributed by atoms with E-state index in [-0.39, 0.29) is 42.3 Å². The number of benzene rings is 2. The highest BCUT2D eigenvalue weighted by Gasteiger charge is 2.49. The highest BCUT2D eigenvalue weighted by molar-refractivity contribution is 7.86. The van der Waals surface area contributed by atoms with E-state index in [9.17, 15) is 53.9 Å². The van der Waals surface area contributed by atoms with Gasteiger partial charge >= 0.3 is 5.97 Å². The zero-order chi connectivity index (χ0) is 48.7. The highest BCUT2D eigenvalue weighted by Crippen LogP contribution is 2.52. The number of aromatic hydroxyl groups is 2. The van der Waals surface area contributed by atoms with E-state index < -0.39 is 64.7 Å². The van der Waals surface area contributed by atoms with Crippen molar-refractivity contribution in [3.8, 4) is 11.8 Å². The lowest BCUT2D eigenvalue weighted by atomic mass is 9.75. The van der Waals surface area contributed by atoms with Gasteiger partial charge in [0.25, 0.3) is 30.4 Å². The number of hydrogen-bond donors (Lipinski definition) is 5. The number of likely N-dealkylation sites (N-methyl/N-ethyl adjacent to an activating group) is 1. The molecule has 0 radical (unpaired) electrons. The number of carbonyl (C=O) groups excluding carboxylic acids is 1. The molecular formula is C44H60N3O16S3+. The molecule has 0 spiro atoms. The molecule has 0 fully saturated rings. The van der Waals surface area contributed by atoms with Crippen molar-refractivity contribution in [2.24, 2.45) is 0 Å². The first-order valence-corrected chi connectivity index (χ1v) is 25.9. The quantitative estimate of drug-likeness (QED) is 0.0408. The smallest absolute Gasteiger partial charge is 0.333 e. The van der Waals surface area contributed by atoms with Crippen molar-refractivity contribution in [1.29, 1.82) is 0 Å². The number of rotatable bonds is 25. The summed E-state index contributed by atoms with van der Waals surface area (Å²) in [6.45, 7) is 9.99. The molecule has 364 valence electrons. The number of aromatic nitrogens is 1. The summed E-state index contributed by atoms with van der Waals surface area (Å²) in [7, 11) is -12.0. The fourth-order valence-electron chi connectivity index (χ4n) is 8.60. The Morgan fingerprint density at radius 3 is 1.97 bits per heavy atom. The lowest BCUT2D eigenvalue weighted by Crippen LogP contribution is -2.33. The molecule has 66 heavy (non-hydrogen) atoms. The van der Waals surface area contributed by atoms with Gasteiger partial charge in [0, 0.05) is 79.7 Å². The number of unbranched alkanes of at least 4 members (excludes halogenated alkanes) is 2. The van der Waals surface area contributed by atoms with Crippen molar-refractivity contribution in [3.63, 3.8) is 0 Å². The molecule has 0 amide bonds. The van der Waals surface area contributed by atoms with Gasteiger partial charge in [0.1, 0.15) is 6.54 Å². The van der Waals surface area contributed by atoms with Gasteiger partial charge in [-0.25, -0.2) is 4.79 Å². The van der Waals surface area contributed by atoms with Gasteiger partial charge < -0.3 is 34.2 Å². The van der Waals surface area contributed by atoms with Crippen LogP contribution >= 0.6 is 0 Å². The lowest BCUT2D eigenvalue weighted by Gasteiger charge is -2.30. The third-order valence-electron chi connectivity index (χ3n) is 11.9. The van der Waals surface area contributed by atoms with Crippen LogP contribution in [0, 0.1) is 0 Å². The summed E-state index contributed by atoms with van der Waals surface area (Å²) in [5.41, 5.74) is 2.67. The molecule has 2 atom stereocenters. The number of carbonyl (C=O) groups is 1. The Labute approximate surface area is 386 Å². The first-order chi connectivity index (χ1) is 30.9. The molecule has 22 heteroatoms. The Balaban J connectivity index is 1.57. The number of hydrogen-bond acceptors (Lipinski definition) is 14. The molecule has 2 unspecified atom stereocenters. The average Bonchev–Trinajstić information content (AvgIpc) is 3.76. The Kier molecular flexibility index (Phi) is 17.1. The van der Waals surface area contributed by atoms with Gasteiger partial charge in [-0.1, -0.05) is 0 Å². The maximum atomic E-state index is 12.6. The Morgan fingerprint density at radius 1 is 0.758 bits per heavy atom. The van der Waals surface area contributed by atoms with Gasteiger partial charge in [-0.05, 0) is 107 Å². The van der Waals surface area contributed by atoms with Crippen LogP contribution in [0.4, 0.5) is 11.4 Å². The molecule has 2 aliphatic rings. The van der Waals surface area contributed by atoms with Crippen molar-refractivity contribution >= 4 is 53.4 Å². The number of allylic oxidation sites excluding steroid dienone is 4.